The Morgan fingerprint density at radius 2 is 2.32 bits per heavy atom. The monoisotopic (exact) mass is 259 g/mol. The molecule has 0 aliphatic heterocycles. The van der Waals surface area contributed by atoms with E-state index in [1.807, 2.05) is 6.07 Å². The van der Waals surface area contributed by atoms with Crippen LogP contribution >= 0.6 is 0 Å². The number of nitrogens with zero attached hydrogens (tertiary/aromatic N) is 1. The fourth-order valence-corrected chi connectivity index (χ4v) is 2.12. The zero-order chi connectivity index (χ0) is 13.5. The minimum atomic E-state index is -0.385. The number of carbonyl (C=O) groups is 1. The third-order valence-electron chi connectivity index (χ3n) is 3.19. The molecule has 19 heavy (non-hydrogen) atoms. The third kappa shape index (κ3) is 3.88. The smallest absolute Gasteiger partial charge is 0.263 e. The average molecular weight is 259 g/mol. The maximum Gasteiger partial charge on any atom is 0.263 e. The van der Waals surface area contributed by atoms with Gasteiger partial charge in [-0.05, 0) is 25.0 Å². The number of carbonyl (C=O) groups excluding carboxylic acids is 1. The normalized spacial score (nSPS) is 16.1. The van der Waals surface area contributed by atoms with Crippen LogP contribution in [0.4, 0.5) is 0 Å². The Bertz CT molecular complexity index is 479. The second-order valence-electron chi connectivity index (χ2n) is 4.58. The van der Waals surface area contributed by atoms with E-state index >= 15 is 0 Å². The van der Waals surface area contributed by atoms with E-state index in [0.29, 0.717) is 11.8 Å². The van der Waals surface area contributed by atoms with E-state index < -0.39 is 0 Å². The van der Waals surface area contributed by atoms with Gasteiger partial charge in [-0.3, -0.25) is 4.79 Å². The fraction of sp³-hybridized carbons (Fsp3) is 0.429. The van der Waals surface area contributed by atoms with Gasteiger partial charge in [-0.15, -0.1) is 0 Å². The summed E-state index contributed by atoms with van der Waals surface area (Å²) in [4.78, 5) is 11.8. The van der Waals surface area contributed by atoms with Gasteiger partial charge in [0.2, 0.25) is 0 Å². The molecule has 0 spiro atoms. The van der Waals surface area contributed by atoms with E-state index in [1.165, 1.54) is 19.0 Å². The molecule has 1 heterocycles. The van der Waals surface area contributed by atoms with E-state index in [2.05, 4.69) is 10.6 Å². The summed E-state index contributed by atoms with van der Waals surface area (Å²) in [7, 11) is 0. The van der Waals surface area contributed by atoms with Gasteiger partial charge in [0, 0.05) is 12.2 Å². The molecule has 100 valence electrons. The second-order valence-corrected chi connectivity index (χ2v) is 4.58. The van der Waals surface area contributed by atoms with E-state index in [4.69, 9.17) is 9.68 Å². The summed E-state index contributed by atoms with van der Waals surface area (Å²) in [6, 6.07) is 5.83. The Labute approximate surface area is 112 Å². The maximum absolute atomic E-state index is 11.8. The Morgan fingerprint density at radius 1 is 1.53 bits per heavy atom. The zero-order valence-corrected chi connectivity index (χ0v) is 10.7. The quantitative estimate of drug-likeness (QED) is 0.624. The van der Waals surface area contributed by atoms with Crippen molar-refractivity contribution in [2.24, 2.45) is 0 Å². The molecule has 1 aliphatic rings. The summed E-state index contributed by atoms with van der Waals surface area (Å²) in [6.07, 6.45) is 7.68. The van der Waals surface area contributed by atoms with Gasteiger partial charge >= 0.3 is 0 Å². The van der Waals surface area contributed by atoms with Crippen molar-refractivity contribution < 1.29 is 9.21 Å². The first kappa shape index (κ1) is 13.2. The maximum atomic E-state index is 11.8. The number of rotatable bonds is 5. The number of hydrogen-bond acceptors (Lipinski definition) is 4. The number of amides is 1. The third-order valence-corrected chi connectivity index (χ3v) is 3.19. The Balaban J connectivity index is 1.84. The van der Waals surface area contributed by atoms with E-state index in [9.17, 15) is 4.79 Å². The van der Waals surface area contributed by atoms with Crippen molar-refractivity contribution in [2.75, 3.05) is 0 Å². The molecule has 0 atom stereocenters. The molecule has 0 saturated heterocycles. The number of hydrogen-bond donors (Lipinski definition) is 2. The molecule has 1 fully saturated rings. The Morgan fingerprint density at radius 3 is 2.95 bits per heavy atom. The van der Waals surface area contributed by atoms with Crippen LogP contribution in [0.25, 0.3) is 0 Å². The van der Waals surface area contributed by atoms with E-state index in [0.717, 1.165) is 12.8 Å². The second kappa shape index (κ2) is 6.64. The van der Waals surface area contributed by atoms with Crippen LogP contribution in [0.2, 0.25) is 0 Å². The summed E-state index contributed by atoms with van der Waals surface area (Å²) in [5, 5.41) is 14.8. The lowest BCUT2D eigenvalue weighted by atomic mass is 10.2. The Kier molecular flexibility index (Phi) is 4.62. The minimum Gasteiger partial charge on any atom is -0.467 e. The number of furan rings is 1. The van der Waals surface area contributed by atoms with Crippen LogP contribution in [-0.2, 0) is 11.3 Å². The topological polar surface area (TPSA) is 78.1 Å². The van der Waals surface area contributed by atoms with Crippen LogP contribution in [0.15, 0.2) is 34.6 Å². The molecule has 0 unspecified atom stereocenters. The lowest BCUT2D eigenvalue weighted by molar-refractivity contribution is -0.117. The van der Waals surface area contributed by atoms with Crippen molar-refractivity contribution in [3.8, 4) is 6.07 Å². The molecule has 1 aromatic rings. The van der Waals surface area contributed by atoms with Gasteiger partial charge in [-0.25, -0.2) is 0 Å². The zero-order valence-electron chi connectivity index (χ0n) is 10.7. The van der Waals surface area contributed by atoms with Crippen LogP contribution in [-0.4, -0.2) is 11.9 Å². The molecule has 2 rings (SSSR count). The highest BCUT2D eigenvalue weighted by atomic mass is 16.3. The molecule has 0 bridgehead atoms. The first-order valence-corrected chi connectivity index (χ1v) is 6.46. The highest BCUT2D eigenvalue weighted by Gasteiger charge is 2.14. The number of nitriles is 1. The van der Waals surface area contributed by atoms with Crippen molar-refractivity contribution in [3.63, 3.8) is 0 Å². The van der Waals surface area contributed by atoms with Crippen LogP contribution in [0, 0.1) is 11.3 Å². The molecule has 1 aliphatic carbocycles. The predicted molar refractivity (Wildman–Crippen MR) is 69.6 cm³/mol. The molecule has 1 saturated carbocycles. The standard InChI is InChI=1S/C14H17N3O2/c15-8-11(9-16-12-4-1-2-5-12)14(18)17-10-13-6-3-7-19-13/h3,6-7,9,12,16H,1-2,4-5,10H2,(H,17,18)/b11-9-. The van der Waals surface area contributed by atoms with Crippen molar-refractivity contribution in [2.45, 2.75) is 38.3 Å². The highest BCUT2D eigenvalue weighted by Crippen LogP contribution is 2.17. The lowest BCUT2D eigenvalue weighted by Crippen LogP contribution is -2.27. The molecular formula is C14H17N3O2. The highest BCUT2D eigenvalue weighted by molar-refractivity contribution is 5.97. The number of nitrogens with one attached hydrogen (secondary N) is 2. The largest absolute Gasteiger partial charge is 0.467 e. The molecule has 5 heteroatoms. The van der Waals surface area contributed by atoms with Crippen LogP contribution in [0.5, 0.6) is 0 Å². The van der Waals surface area contributed by atoms with Crippen molar-refractivity contribution in [1.82, 2.24) is 10.6 Å². The molecule has 0 radical (unpaired) electrons. The first-order valence-electron chi connectivity index (χ1n) is 6.46. The molecule has 0 aromatic carbocycles. The molecular weight excluding hydrogens is 242 g/mol. The van der Waals surface area contributed by atoms with Crippen molar-refractivity contribution in [3.05, 3.63) is 35.9 Å². The van der Waals surface area contributed by atoms with Crippen LogP contribution in [0.1, 0.15) is 31.4 Å². The SMILES string of the molecule is N#C/C(=C/NC1CCCC1)C(=O)NCc1ccco1. The van der Waals surface area contributed by atoms with Crippen LogP contribution < -0.4 is 10.6 Å². The molecule has 1 amide bonds. The molecule has 2 N–H and O–H groups in total. The summed E-state index contributed by atoms with van der Waals surface area (Å²) in [5.74, 6) is 0.277. The molecule has 1 aromatic heterocycles. The predicted octanol–water partition coefficient (Wildman–Crippen LogP) is 1.84. The first-order chi connectivity index (χ1) is 9.29. The fourth-order valence-electron chi connectivity index (χ4n) is 2.12. The van der Waals surface area contributed by atoms with E-state index in [1.54, 1.807) is 18.4 Å². The van der Waals surface area contributed by atoms with Gasteiger partial charge in [-0.1, -0.05) is 12.8 Å². The van der Waals surface area contributed by atoms with Crippen molar-refractivity contribution >= 4 is 5.91 Å². The summed E-state index contributed by atoms with van der Waals surface area (Å²) in [5.41, 5.74) is 0.0958. The van der Waals surface area contributed by atoms with Gasteiger partial charge in [0.25, 0.3) is 5.91 Å². The van der Waals surface area contributed by atoms with Gasteiger partial charge < -0.3 is 15.1 Å². The van der Waals surface area contributed by atoms with Gasteiger partial charge in [0.15, 0.2) is 0 Å². The minimum absolute atomic E-state index is 0.0958. The van der Waals surface area contributed by atoms with Gasteiger partial charge in [0.1, 0.15) is 17.4 Å². The lowest BCUT2D eigenvalue weighted by Gasteiger charge is -2.09. The van der Waals surface area contributed by atoms with Gasteiger partial charge in [0.05, 0.1) is 12.8 Å². The van der Waals surface area contributed by atoms with Crippen molar-refractivity contribution in [1.29, 1.82) is 5.26 Å². The molecule has 5 nitrogen and oxygen atoms in total. The van der Waals surface area contributed by atoms with Crippen LogP contribution in [0.3, 0.4) is 0 Å². The van der Waals surface area contributed by atoms with Gasteiger partial charge in [-0.2, -0.15) is 5.26 Å². The Hall–Kier alpha value is -2.22. The summed E-state index contributed by atoms with van der Waals surface area (Å²) in [6.45, 7) is 0.286. The summed E-state index contributed by atoms with van der Waals surface area (Å²) >= 11 is 0. The van der Waals surface area contributed by atoms with E-state index in [-0.39, 0.29) is 18.0 Å². The average Bonchev–Trinajstić information content (AvgIpc) is 3.10. The summed E-state index contributed by atoms with van der Waals surface area (Å²) < 4.78 is 5.11.